The molecular formula is C11H14O2. The van der Waals surface area contributed by atoms with Gasteiger partial charge in [0.05, 0.1) is 5.60 Å². The van der Waals surface area contributed by atoms with Gasteiger partial charge in [-0.3, -0.25) is 0 Å². The molecule has 2 heteroatoms. The van der Waals surface area contributed by atoms with E-state index < -0.39 is 0 Å². The molecule has 0 aromatic heterocycles. The minimum atomic E-state index is -0.338. The van der Waals surface area contributed by atoms with Crippen molar-refractivity contribution in [3.63, 3.8) is 0 Å². The first-order valence-corrected chi connectivity index (χ1v) is 5.20. The molecule has 2 nitrogen and oxygen atoms in total. The average Bonchev–Trinajstić information content (AvgIpc) is 2.54. The molecule has 0 aromatic carbocycles. The molecule has 70 valence electrons. The van der Waals surface area contributed by atoms with Crippen LogP contribution in [0, 0.1) is 11.3 Å². The van der Waals surface area contributed by atoms with E-state index in [1.54, 1.807) is 7.11 Å². The molecule has 2 spiro atoms. The first kappa shape index (κ1) is 7.02. The maximum Gasteiger partial charge on any atom is 0.189 e. The smallest absolute Gasteiger partial charge is 0.189 e. The minimum Gasteiger partial charge on any atom is -0.350 e. The predicted octanol–water partition coefficient (Wildman–Crippen LogP) is 1.86. The quantitative estimate of drug-likeness (QED) is 0.570. The van der Waals surface area contributed by atoms with E-state index in [4.69, 9.17) is 9.47 Å². The molecule has 4 aliphatic rings. The van der Waals surface area contributed by atoms with Crippen LogP contribution in [-0.4, -0.2) is 18.5 Å². The van der Waals surface area contributed by atoms with E-state index in [0.29, 0.717) is 5.41 Å². The van der Waals surface area contributed by atoms with Crippen LogP contribution in [-0.2, 0) is 9.47 Å². The van der Waals surface area contributed by atoms with Crippen molar-refractivity contribution in [2.75, 3.05) is 7.11 Å². The molecule has 2 saturated carbocycles. The van der Waals surface area contributed by atoms with Crippen molar-refractivity contribution in [3.05, 3.63) is 12.2 Å². The van der Waals surface area contributed by atoms with Crippen LogP contribution in [0.25, 0.3) is 0 Å². The van der Waals surface area contributed by atoms with Gasteiger partial charge in [0.15, 0.2) is 5.79 Å². The zero-order valence-electron chi connectivity index (χ0n) is 7.88. The first-order valence-electron chi connectivity index (χ1n) is 5.20. The summed E-state index contributed by atoms with van der Waals surface area (Å²) >= 11 is 0. The van der Waals surface area contributed by atoms with E-state index in [0.717, 1.165) is 12.3 Å². The Labute approximate surface area is 77.9 Å². The molecule has 2 bridgehead atoms. The van der Waals surface area contributed by atoms with E-state index in [1.165, 1.54) is 19.3 Å². The highest BCUT2D eigenvalue weighted by Gasteiger charge is 2.79. The van der Waals surface area contributed by atoms with Gasteiger partial charge in [-0.15, -0.1) is 0 Å². The van der Waals surface area contributed by atoms with Crippen LogP contribution in [0.4, 0.5) is 0 Å². The lowest BCUT2D eigenvalue weighted by Gasteiger charge is -2.25. The summed E-state index contributed by atoms with van der Waals surface area (Å²) in [6.07, 6.45) is 9.50. The number of rotatable bonds is 1. The molecule has 4 rings (SSSR count). The average molecular weight is 178 g/mol. The van der Waals surface area contributed by atoms with Crippen LogP contribution in [0.1, 0.15) is 25.7 Å². The number of methoxy groups -OCH3 is 1. The maximum atomic E-state index is 6.13. The minimum absolute atomic E-state index is 0.0909. The third-order valence-corrected chi connectivity index (χ3v) is 4.81. The molecule has 0 unspecified atom stereocenters. The summed E-state index contributed by atoms with van der Waals surface area (Å²) in [5.74, 6) is 0.601. The molecule has 2 aliphatic heterocycles. The molecule has 13 heavy (non-hydrogen) atoms. The largest absolute Gasteiger partial charge is 0.350 e. The third-order valence-electron chi connectivity index (χ3n) is 4.81. The van der Waals surface area contributed by atoms with Gasteiger partial charge in [0.25, 0.3) is 0 Å². The van der Waals surface area contributed by atoms with Crippen LogP contribution in [0.3, 0.4) is 0 Å². The van der Waals surface area contributed by atoms with Crippen molar-refractivity contribution in [1.29, 1.82) is 0 Å². The Bertz CT molecular complexity index is 324. The van der Waals surface area contributed by atoms with Crippen molar-refractivity contribution in [2.45, 2.75) is 37.1 Å². The molecule has 3 fully saturated rings. The lowest BCUT2D eigenvalue weighted by Crippen LogP contribution is -2.30. The fourth-order valence-corrected chi connectivity index (χ4v) is 4.04. The van der Waals surface area contributed by atoms with Crippen molar-refractivity contribution in [2.24, 2.45) is 11.3 Å². The molecule has 0 N–H and O–H groups in total. The molecule has 0 aromatic rings. The van der Waals surface area contributed by atoms with Gasteiger partial charge in [-0.05, 0) is 31.3 Å². The van der Waals surface area contributed by atoms with E-state index in [9.17, 15) is 0 Å². The highest BCUT2D eigenvalue weighted by molar-refractivity contribution is 5.37. The summed E-state index contributed by atoms with van der Waals surface area (Å²) in [6.45, 7) is 0. The van der Waals surface area contributed by atoms with Crippen LogP contribution >= 0.6 is 0 Å². The lowest BCUT2D eigenvalue weighted by atomic mass is 9.80. The van der Waals surface area contributed by atoms with Gasteiger partial charge in [-0.25, -0.2) is 0 Å². The second kappa shape index (κ2) is 1.61. The summed E-state index contributed by atoms with van der Waals surface area (Å²) in [4.78, 5) is 0. The summed E-state index contributed by atoms with van der Waals surface area (Å²) in [7, 11) is 1.76. The second-order valence-corrected chi connectivity index (χ2v) is 5.11. The molecule has 4 atom stereocenters. The van der Waals surface area contributed by atoms with Crippen molar-refractivity contribution >= 4 is 0 Å². The standard InChI is InChI=1S/C11H14O2/c1-12-11-5-4-10(13-11)3-2-8-6-9(8,10)7-11/h4-5,8H,2-3,6-7H2,1H3/t8-,9+,10+,11-/m1/s1. The van der Waals surface area contributed by atoms with Crippen molar-refractivity contribution < 1.29 is 9.47 Å². The van der Waals surface area contributed by atoms with Gasteiger partial charge in [-0.1, -0.05) is 6.08 Å². The number of ether oxygens (including phenoxy) is 2. The molecule has 0 amide bonds. The van der Waals surface area contributed by atoms with Crippen LogP contribution in [0.5, 0.6) is 0 Å². The van der Waals surface area contributed by atoms with Gasteiger partial charge in [0.2, 0.25) is 0 Å². The molecule has 2 aliphatic carbocycles. The van der Waals surface area contributed by atoms with E-state index in [-0.39, 0.29) is 11.4 Å². The van der Waals surface area contributed by atoms with Crippen molar-refractivity contribution in [1.82, 2.24) is 0 Å². The zero-order chi connectivity index (χ0) is 8.73. The van der Waals surface area contributed by atoms with Gasteiger partial charge >= 0.3 is 0 Å². The highest BCUT2D eigenvalue weighted by Crippen LogP contribution is 2.79. The number of hydrogen-bond acceptors (Lipinski definition) is 2. The Morgan fingerprint density at radius 1 is 1.46 bits per heavy atom. The molecule has 2 heterocycles. The highest BCUT2D eigenvalue weighted by atomic mass is 16.7. The zero-order valence-corrected chi connectivity index (χ0v) is 7.88. The molecule has 0 radical (unpaired) electrons. The van der Waals surface area contributed by atoms with Crippen LogP contribution in [0.2, 0.25) is 0 Å². The molecular weight excluding hydrogens is 164 g/mol. The SMILES string of the molecule is CO[C@@]12C=C[C@]3(CC[C@@H]4C[C@]43C1)O2. The van der Waals surface area contributed by atoms with Gasteiger partial charge < -0.3 is 9.47 Å². The van der Waals surface area contributed by atoms with Gasteiger partial charge in [-0.2, -0.15) is 0 Å². The monoisotopic (exact) mass is 178 g/mol. The van der Waals surface area contributed by atoms with Crippen LogP contribution < -0.4 is 0 Å². The van der Waals surface area contributed by atoms with E-state index >= 15 is 0 Å². The normalized spacial score (nSPS) is 65.5. The summed E-state index contributed by atoms with van der Waals surface area (Å²) in [5, 5.41) is 0. The fraction of sp³-hybridized carbons (Fsp3) is 0.818. The Hall–Kier alpha value is -0.340. The Kier molecular flexibility index (Phi) is 0.871. The maximum absolute atomic E-state index is 6.13. The second-order valence-electron chi connectivity index (χ2n) is 5.11. The lowest BCUT2D eigenvalue weighted by molar-refractivity contribution is -0.183. The van der Waals surface area contributed by atoms with E-state index in [1.807, 2.05) is 0 Å². The van der Waals surface area contributed by atoms with Crippen LogP contribution in [0.15, 0.2) is 12.2 Å². The summed E-state index contributed by atoms with van der Waals surface area (Å²) in [6, 6.07) is 0. The van der Waals surface area contributed by atoms with E-state index in [2.05, 4.69) is 12.2 Å². The Balaban J connectivity index is 1.88. The third kappa shape index (κ3) is 0.522. The fourth-order valence-electron chi connectivity index (χ4n) is 4.04. The number of hydrogen-bond donors (Lipinski definition) is 0. The summed E-state index contributed by atoms with van der Waals surface area (Å²) < 4.78 is 11.6. The van der Waals surface area contributed by atoms with Gasteiger partial charge in [0.1, 0.15) is 0 Å². The topological polar surface area (TPSA) is 18.5 Å². The Morgan fingerprint density at radius 3 is 3.08 bits per heavy atom. The van der Waals surface area contributed by atoms with Crippen molar-refractivity contribution in [3.8, 4) is 0 Å². The first-order chi connectivity index (χ1) is 6.24. The molecule has 1 saturated heterocycles. The van der Waals surface area contributed by atoms with Gasteiger partial charge in [0, 0.05) is 18.9 Å². The summed E-state index contributed by atoms with van der Waals surface area (Å²) in [5.41, 5.74) is 0.589. The number of fused-ring (bicyclic) bond motifs is 1. The predicted molar refractivity (Wildman–Crippen MR) is 47.1 cm³/mol. The Morgan fingerprint density at radius 2 is 2.38 bits per heavy atom.